The summed E-state index contributed by atoms with van der Waals surface area (Å²) in [5.41, 5.74) is 4.48. The fraction of sp³-hybridized carbons (Fsp3) is 0.308. The average Bonchev–Trinajstić information content (AvgIpc) is 2.49. The summed E-state index contributed by atoms with van der Waals surface area (Å²) in [7, 11) is 1.57. The van der Waals surface area contributed by atoms with Crippen LogP contribution in [-0.4, -0.2) is 22.1 Å². The molecule has 0 radical (unpaired) electrons. The van der Waals surface area contributed by atoms with Crippen LogP contribution in [0.25, 0.3) is 0 Å². The Morgan fingerprint density at radius 2 is 2.05 bits per heavy atom. The van der Waals surface area contributed by atoms with E-state index in [9.17, 15) is 0 Å². The quantitative estimate of drug-likeness (QED) is 0.595. The molecule has 2 rings (SSSR count). The minimum atomic E-state index is -0.120. The Kier molecular flexibility index (Phi) is 4.77. The number of nitrogens with zero attached hydrogens (tertiary/aromatic N) is 3. The van der Waals surface area contributed by atoms with Crippen molar-refractivity contribution in [2.24, 2.45) is 5.84 Å². The standard InChI is InChI=1S/C13H17N5O/c1-19-13-12(16-8-9-17-13)11(18-14)6-5-10-4-2-3-7-15-10/h2-4,7-9,11,18H,5-6,14H2,1H3. The van der Waals surface area contributed by atoms with Gasteiger partial charge in [-0.15, -0.1) is 0 Å². The number of hydrogen-bond donors (Lipinski definition) is 2. The molecule has 0 amide bonds. The van der Waals surface area contributed by atoms with E-state index in [0.29, 0.717) is 11.6 Å². The van der Waals surface area contributed by atoms with Gasteiger partial charge in [-0.2, -0.15) is 0 Å². The summed E-state index contributed by atoms with van der Waals surface area (Å²) in [6, 6.07) is 5.73. The van der Waals surface area contributed by atoms with Crippen LogP contribution in [0.2, 0.25) is 0 Å². The summed E-state index contributed by atoms with van der Waals surface area (Å²) in [6.07, 6.45) is 6.57. The average molecular weight is 259 g/mol. The molecule has 2 heterocycles. The Balaban J connectivity index is 2.08. The van der Waals surface area contributed by atoms with Crippen LogP contribution in [0.15, 0.2) is 36.8 Å². The number of nitrogens with two attached hydrogens (primary N) is 1. The van der Waals surface area contributed by atoms with E-state index >= 15 is 0 Å². The van der Waals surface area contributed by atoms with Gasteiger partial charge in [-0.05, 0) is 25.0 Å². The van der Waals surface area contributed by atoms with Crippen LogP contribution in [-0.2, 0) is 6.42 Å². The number of nitrogens with one attached hydrogen (secondary N) is 1. The minimum Gasteiger partial charge on any atom is -0.480 e. The highest BCUT2D eigenvalue weighted by atomic mass is 16.5. The predicted octanol–water partition coefficient (Wildman–Crippen LogP) is 1.02. The second-order valence-electron chi connectivity index (χ2n) is 4.03. The molecule has 2 aromatic rings. The van der Waals surface area contributed by atoms with Gasteiger partial charge >= 0.3 is 0 Å². The molecule has 0 aliphatic rings. The van der Waals surface area contributed by atoms with Gasteiger partial charge in [-0.3, -0.25) is 21.2 Å². The molecule has 1 atom stereocenters. The Morgan fingerprint density at radius 1 is 1.21 bits per heavy atom. The normalized spacial score (nSPS) is 12.1. The SMILES string of the molecule is COc1nccnc1C(CCc1ccccn1)NN. The second-order valence-corrected chi connectivity index (χ2v) is 4.03. The molecule has 2 aromatic heterocycles. The van der Waals surface area contributed by atoms with Gasteiger partial charge in [0.15, 0.2) is 0 Å². The first-order valence-corrected chi connectivity index (χ1v) is 6.06. The van der Waals surface area contributed by atoms with Crippen LogP contribution in [0.4, 0.5) is 0 Å². The molecule has 0 saturated heterocycles. The van der Waals surface area contributed by atoms with E-state index in [1.54, 1.807) is 25.7 Å². The zero-order chi connectivity index (χ0) is 13.5. The van der Waals surface area contributed by atoms with Crippen LogP contribution >= 0.6 is 0 Å². The topological polar surface area (TPSA) is 86.0 Å². The van der Waals surface area contributed by atoms with Crippen molar-refractivity contribution in [1.29, 1.82) is 0 Å². The summed E-state index contributed by atoms with van der Waals surface area (Å²) in [5, 5.41) is 0. The van der Waals surface area contributed by atoms with Crippen molar-refractivity contribution >= 4 is 0 Å². The molecular weight excluding hydrogens is 242 g/mol. The fourth-order valence-electron chi connectivity index (χ4n) is 1.87. The van der Waals surface area contributed by atoms with Gasteiger partial charge in [0.25, 0.3) is 0 Å². The summed E-state index contributed by atoms with van der Waals surface area (Å²) >= 11 is 0. The molecule has 0 aliphatic heterocycles. The third-order valence-electron chi connectivity index (χ3n) is 2.83. The highest BCUT2D eigenvalue weighted by molar-refractivity contribution is 5.21. The summed E-state index contributed by atoms with van der Waals surface area (Å²) in [4.78, 5) is 12.7. The molecule has 0 bridgehead atoms. The zero-order valence-electron chi connectivity index (χ0n) is 10.8. The number of rotatable bonds is 6. The number of hydrazine groups is 1. The smallest absolute Gasteiger partial charge is 0.237 e. The molecule has 0 saturated carbocycles. The summed E-state index contributed by atoms with van der Waals surface area (Å²) < 4.78 is 5.20. The maximum atomic E-state index is 5.60. The lowest BCUT2D eigenvalue weighted by molar-refractivity contribution is 0.374. The van der Waals surface area contributed by atoms with E-state index in [2.05, 4.69) is 20.4 Å². The van der Waals surface area contributed by atoms with Gasteiger partial charge in [-0.1, -0.05) is 6.07 Å². The Labute approximate surface area is 112 Å². The van der Waals surface area contributed by atoms with E-state index < -0.39 is 0 Å². The van der Waals surface area contributed by atoms with Gasteiger partial charge in [0.2, 0.25) is 5.88 Å². The minimum absolute atomic E-state index is 0.120. The third kappa shape index (κ3) is 3.46. The van der Waals surface area contributed by atoms with Crippen LogP contribution in [0.3, 0.4) is 0 Å². The molecular formula is C13H17N5O. The van der Waals surface area contributed by atoms with Gasteiger partial charge in [0.1, 0.15) is 5.69 Å². The monoisotopic (exact) mass is 259 g/mol. The first kappa shape index (κ1) is 13.4. The number of hydrogen-bond acceptors (Lipinski definition) is 6. The van der Waals surface area contributed by atoms with E-state index in [1.807, 2.05) is 18.2 Å². The van der Waals surface area contributed by atoms with E-state index in [4.69, 9.17) is 10.6 Å². The lowest BCUT2D eigenvalue weighted by Crippen LogP contribution is -2.29. The molecule has 3 N–H and O–H groups in total. The number of aromatic nitrogens is 3. The number of ether oxygens (including phenoxy) is 1. The van der Waals surface area contributed by atoms with Crippen molar-refractivity contribution in [1.82, 2.24) is 20.4 Å². The van der Waals surface area contributed by atoms with Gasteiger partial charge in [0.05, 0.1) is 13.2 Å². The van der Waals surface area contributed by atoms with E-state index in [0.717, 1.165) is 18.5 Å². The number of aryl methyl sites for hydroxylation is 1. The first-order chi connectivity index (χ1) is 9.35. The Morgan fingerprint density at radius 3 is 2.74 bits per heavy atom. The summed E-state index contributed by atoms with van der Waals surface area (Å²) in [5.74, 6) is 6.09. The largest absolute Gasteiger partial charge is 0.480 e. The first-order valence-electron chi connectivity index (χ1n) is 6.06. The lowest BCUT2D eigenvalue weighted by atomic mass is 10.1. The lowest BCUT2D eigenvalue weighted by Gasteiger charge is -2.16. The number of pyridine rings is 1. The van der Waals surface area contributed by atoms with Gasteiger partial charge in [-0.25, -0.2) is 4.98 Å². The summed E-state index contributed by atoms with van der Waals surface area (Å²) in [6.45, 7) is 0. The molecule has 0 fully saturated rings. The Hall–Kier alpha value is -2.05. The molecule has 6 heteroatoms. The van der Waals surface area contributed by atoms with Crippen molar-refractivity contribution in [2.75, 3.05) is 7.11 Å². The predicted molar refractivity (Wildman–Crippen MR) is 71.2 cm³/mol. The third-order valence-corrected chi connectivity index (χ3v) is 2.83. The number of methoxy groups -OCH3 is 1. The maximum absolute atomic E-state index is 5.60. The van der Waals surface area contributed by atoms with Gasteiger partial charge in [0, 0.05) is 24.3 Å². The molecule has 0 spiro atoms. The van der Waals surface area contributed by atoms with Gasteiger partial charge < -0.3 is 4.74 Å². The molecule has 0 aromatic carbocycles. The molecule has 100 valence electrons. The van der Waals surface area contributed by atoms with Crippen molar-refractivity contribution in [2.45, 2.75) is 18.9 Å². The van der Waals surface area contributed by atoms with Crippen LogP contribution in [0.5, 0.6) is 5.88 Å². The van der Waals surface area contributed by atoms with Crippen molar-refractivity contribution < 1.29 is 4.74 Å². The van der Waals surface area contributed by atoms with Crippen LogP contribution in [0.1, 0.15) is 23.9 Å². The van der Waals surface area contributed by atoms with E-state index in [1.165, 1.54) is 0 Å². The van der Waals surface area contributed by atoms with Crippen molar-refractivity contribution in [3.8, 4) is 5.88 Å². The second kappa shape index (κ2) is 6.77. The van der Waals surface area contributed by atoms with Crippen LogP contribution < -0.4 is 16.0 Å². The van der Waals surface area contributed by atoms with E-state index in [-0.39, 0.29) is 6.04 Å². The fourth-order valence-corrected chi connectivity index (χ4v) is 1.87. The molecule has 19 heavy (non-hydrogen) atoms. The van der Waals surface area contributed by atoms with Crippen molar-refractivity contribution in [3.05, 3.63) is 48.2 Å². The molecule has 6 nitrogen and oxygen atoms in total. The zero-order valence-corrected chi connectivity index (χ0v) is 10.8. The highest BCUT2D eigenvalue weighted by Gasteiger charge is 2.17. The molecule has 1 unspecified atom stereocenters. The van der Waals surface area contributed by atoms with Crippen LogP contribution in [0, 0.1) is 0 Å². The Bertz CT molecular complexity index is 505. The maximum Gasteiger partial charge on any atom is 0.237 e. The van der Waals surface area contributed by atoms with Crippen molar-refractivity contribution in [3.63, 3.8) is 0 Å². The highest BCUT2D eigenvalue weighted by Crippen LogP contribution is 2.22. The molecule has 0 aliphatic carbocycles.